The fourth-order valence-corrected chi connectivity index (χ4v) is 2.89. The van der Waals surface area contributed by atoms with Crippen LogP contribution in [0.25, 0.3) is 0 Å². The molecule has 1 aliphatic rings. The average Bonchev–Trinajstić information content (AvgIpc) is 2.79. The smallest absolute Gasteiger partial charge is 0.235 e. The first-order valence-corrected chi connectivity index (χ1v) is 6.11. The van der Waals surface area contributed by atoms with Crippen molar-refractivity contribution in [2.45, 2.75) is 38.1 Å². The number of carbonyl (C=O) groups excluding carboxylic acids is 1. The van der Waals surface area contributed by atoms with Gasteiger partial charge in [0.05, 0.1) is 7.11 Å². The number of ether oxygens (including phenoxy) is 1. The fourth-order valence-electron chi connectivity index (χ4n) is 2.89. The number of benzene rings is 1. The van der Waals surface area contributed by atoms with Gasteiger partial charge >= 0.3 is 0 Å². The largest absolute Gasteiger partial charge is 0.504 e. The van der Waals surface area contributed by atoms with Gasteiger partial charge in [-0.1, -0.05) is 18.9 Å². The van der Waals surface area contributed by atoms with Gasteiger partial charge in [0.2, 0.25) is 6.08 Å². The summed E-state index contributed by atoms with van der Waals surface area (Å²) in [4.78, 5) is 14.7. The molecule has 0 aliphatic heterocycles. The monoisotopic (exact) mass is 247 g/mol. The van der Waals surface area contributed by atoms with Gasteiger partial charge in [0, 0.05) is 5.56 Å². The summed E-state index contributed by atoms with van der Waals surface area (Å²) in [6, 6.07) is 3.61. The van der Waals surface area contributed by atoms with Crippen LogP contribution in [0.1, 0.15) is 36.8 Å². The number of methoxy groups -OCH3 is 1. The summed E-state index contributed by atoms with van der Waals surface area (Å²) in [5.74, 6) is 0.515. The van der Waals surface area contributed by atoms with E-state index >= 15 is 0 Å². The maximum atomic E-state index is 10.7. The van der Waals surface area contributed by atoms with Crippen molar-refractivity contribution >= 4 is 6.08 Å². The molecule has 1 saturated carbocycles. The Morgan fingerprint density at radius 2 is 2.06 bits per heavy atom. The van der Waals surface area contributed by atoms with Crippen LogP contribution in [0.3, 0.4) is 0 Å². The van der Waals surface area contributed by atoms with Crippen molar-refractivity contribution in [1.82, 2.24) is 0 Å². The number of rotatable bonds is 3. The predicted molar refractivity (Wildman–Crippen MR) is 67.7 cm³/mol. The zero-order valence-electron chi connectivity index (χ0n) is 10.7. The second-order valence-corrected chi connectivity index (χ2v) is 4.75. The fraction of sp³-hybridized carbons (Fsp3) is 0.500. The highest BCUT2D eigenvalue weighted by atomic mass is 16.5. The molecule has 0 spiro atoms. The molecule has 4 heteroatoms. The molecule has 0 radical (unpaired) electrons. The van der Waals surface area contributed by atoms with Crippen LogP contribution in [-0.2, 0) is 10.3 Å². The van der Waals surface area contributed by atoms with Crippen LogP contribution in [0.4, 0.5) is 0 Å². The van der Waals surface area contributed by atoms with E-state index in [-0.39, 0.29) is 5.75 Å². The maximum absolute atomic E-state index is 10.7. The lowest BCUT2D eigenvalue weighted by molar-refractivity contribution is 0.354. The minimum Gasteiger partial charge on any atom is -0.504 e. The van der Waals surface area contributed by atoms with Gasteiger partial charge in [-0.25, -0.2) is 4.79 Å². The molecular formula is C14H17NO3. The van der Waals surface area contributed by atoms with E-state index in [4.69, 9.17) is 4.74 Å². The van der Waals surface area contributed by atoms with E-state index in [1.165, 1.54) is 7.11 Å². The summed E-state index contributed by atoms with van der Waals surface area (Å²) < 4.78 is 5.13. The maximum Gasteiger partial charge on any atom is 0.235 e. The van der Waals surface area contributed by atoms with Gasteiger partial charge in [0.25, 0.3) is 0 Å². The highest BCUT2D eigenvalue weighted by Gasteiger charge is 2.39. The number of aryl methyl sites for hydroxylation is 1. The Balaban J connectivity index is 2.64. The number of phenolic OH excluding ortho intramolecular Hbond substituents is 1. The Hall–Kier alpha value is -1.80. The summed E-state index contributed by atoms with van der Waals surface area (Å²) in [6.07, 6.45) is 5.20. The number of isocyanates is 1. The van der Waals surface area contributed by atoms with Gasteiger partial charge in [-0.3, -0.25) is 0 Å². The SMILES string of the molecule is COc1ccc(C)c(C2(N=C=O)CCCC2)c1O. The third-order valence-electron chi connectivity index (χ3n) is 3.72. The lowest BCUT2D eigenvalue weighted by Gasteiger charge is -2.26. The van der Waals surface area contributed by atoms with Crippen LogP contribution < -0.4 is 4.74 Å². The van der Waals surface area contributed by atoms with Crippen molar-refractivity contribution < 1.29 is 14.6 Å². The summed E-state index contributed by atoms with van der Waals surface area (Å²) in [7, 11) is 1.51. The molecule has 0 amide bonds. The number of aromatic hydroxyl groups is 1. The van der Waals surface area contributed by atoms with Gasteiger partial charge in [0.1, 0.15) is 5.54 Å². The highest BCUT2D eigenvalue weighted by Crippen LogP contribution is 2.49. The molecule has 1 aliphatic carbocycles. The predicted octanol–water partition coefficient (Wildman–Crippen LogP) is 2.81. The molecule has 4 nitrogen and oxygen atoms in total. The summed E-state index contributed by atoms with van der Waals surface area (Å²) in [5, 5.41) is 10.3. The molecule has 2 rings (SSSR count). The van der Waals surface area contributed by atoms with E-state index in [1.54, 1.807) is 12.1 Å². The number of nitrogens with zero attached hydrogens (tertiary/aromatic N) is 1. The Morgan fingerprint density at radius 1 is 1.39 bits per heavy atom. The highest BCUT2D eigenvalue weighted by molar-refractivity contribution is 5.54. The summed E-state index contributed by atoms with van der Waals surface area (Å²) in [5.41, 5.74) is 1.02. The normalized spacial score (nSPS) is 17.2. The molecular weight excluding hydrogens is 230 g/mol. The van der Waals surface area contributed by atoms with Crippen molar-refractivity contribution in [2.75, 3.05) is 7.11 Å². The first kappa shape index (κ1) is 12.7. The van der Waals surface area contributed by atoms with E-state index in [0.717, 1.165) is 31.2 Å². The quantitative estimate of drug-likeness (QED) is 0.660. The Kier molecular flexibility index (Phi) is 3.39. The Bertz CT molecular complexity index is 498. The first-order valence-electron chi connectivity index (χ1n) is 6.11. The first-order chi connectivity index (χ1) is 8.64. The second kappa shape index (κ2) is 4.83. The Labute approximate surface area is 106 Å². The van der Waals surface area contributed by atoms with E-state index in [1.807, 2.05) is 13.0 Å². The molecule has 0 aromatic heterocycles. The second-order valence-electron chi connectivity index (χ2n) is 4.75. The van der Waals surface area contributed by atoms with Gasteiger partial charge in [-0.2, -0.15) is 4.99 Å². The number of phenols is 1. The standard InChI is InChI=1S/C14H17NO3/c1-10-5-6-11(18-2)13(17)12(10)14(15-9-16)7-3-4-8-14/h5-6,17H,3-4,7-8H2,1-2H3. The van der Waals surface area contributed by atoms with Gasteiger partial charge in [-0.05, 0) is 31.4 Å². The molecule has 0 heterocycles. The zero-order valence-corrected chi connectivity index (χ0v) is 10.7. The molecule has 96 valence electrons. The van der Waals surface area contributed by atoms with Crippen LogP contribution in [0.5, 0.6) is 11.5 Å². The van der Waals surface area contributed by atoms with Crippen LogP contribution in [0.15, 0.2) is 17.1 Å². The minimum atomic E-state index is -0.621. The van der Waals surface area contributed by atoms with E-state index in [0.29, 0.717) is 11.3 Å². The van der Waals surface area contributed by atoms with Crippen molar-refractivity contribution in [1.29, 1.82) is 0 Å². The summed E-state index contributed by atoms with van der Waals surface area (Å²) in [6.45, 7) is 1.91. The number of hydrogen-bond donors (Lipinski definition) is 1. The lowest BCUT2D eigenvalue weighted by atomic mass is 9.85. The van der Waals surface area contributed by atoms with Gasteiger partial charge in [0.15, 0.2) is 11.5 Å². The zero-order chi connectivity index (χ0) is 13.2. The molecule has 0 atom stereocenters. The van der Waals surface area contributed by atoms with Gasteiger partial charge < -0.3 is 9.84 Å². The van der Waals surface area contributed by atoms with E-state index < -0.39 is 5.54 Å². The molecule has 1 aromatic rings. The van der Waals surface area contributed by atoms with Crippen molar-refractivity contribution in [3.63, 3.8) is 0 Å². The van der Waals surface area contributed by atoms with Crippen molar-refractivity contribution in [3.8, 4) is 11.5 Å². The molecule has 1 N–H and O–H groups in total. The van der Waals surface area contributed by atoms with Crippen LogP contribution in [0, 0.1) is 6.92 Å². The Morgan fingerprint density at radius 3 is 2.61 bits per heavy atom. The third kappa shape index (κ3) is 1.89. The average molecular weight is 247 g/mol. The molecule has 1 fully saturated rings. The molecule has 0 unspecified atom stereocenters. The minimum absolute atomic E-state index is 0.0957. The van der Waals surface area contributed by atoms with E-state index in [2.05, 4.69) is 4.99 Å². The molecule has 0 saturated heterocycles. The lowest BCUT2D eigenvalue weighted by Crippen LogP contribution is -2.20. The topological polar surface area (TPSA) is 58.9 Å². The van der Waals surface area contributed by atoms with Crippen LogP contribution in [0.2, 0.25) is 0 Å². The molecule has 0 bridgehead atoms. The van der Waals surface area contributed by atoms with Crippen molar-refractivity contribution in [3.05, 3.63) is 23.3 Å². The van der Waals surface area contributed by atoms with Crippen LogP contribution in [-0.4, -0.2) is 18.3 Å². The number of aliphatic imine (C=N–C) groups is 1. The summed E-state index contributed by atoms with van der Waals surface area (Å²) >= 11 is 0. The van der Waals surface area contributed by atoms with Crippen LogP contribution >= 0.6 is 0 Å². The third-order valence-corrected chi connectivity index (χ3v) is 3.72. The molecule has 18 heavy (non-hydrogen) atoms. The number of hydrogen-bond acceptors (Lipinski definition) is 4. The van der Waals surface area contributed by atoms with Gasteiger partial charge in [-0.15, -0.1) is 0 Å². The molecule has 1 aromatic carbocycles. The van der Waals surface area contributed by atoms with Crippen molar-refractivity contribution in [2.24, 2.45) is 4.99 Å². The van der Waals surface area contributed by atoms with E-state index in [9.17, 15) is 9.90 Å².